The highest BCUT2D eigenvalue weighted by Crippen LogP contribution is 2.39. The highest BCUT2D eigenvalue weighted by atomic mass is 16.4. The molecule has 21 heavy (non-hydrogen) atoms. The molecule has 2 atom stereocenters. The van der Waals surface area contributed by atoms with E-state index in [0.29, 0.717) is 17.7 Å². The number of amides is 1. The van der Waals surface area contributed by atoms with Crippen molar-refractivity contribution in [1.29, 1.82) is 5.26 Å². The number of carbonyl (C=O) groups excluding carboxylic acids is 1. The molecule has 1 saturated heterocycles. The quantitative estimate of drug-likeness (QED) is 0.919. The second-order valence-corrected chi connectivity index (χ2v) is 5.73. The van der Waals surface area contributed by atoms with Gasteiger partial charge in [-0.2, -0.15) is 5.26 Å². The Bertz CT molecular complexity index is 604. The molecule has 1 amide bonds. The number of nitrogens with zero attached hydrogens (tertiary/aromatic N) is 2. The molecule has 1 aliphatic rings. The van der Waals surface area contributed by atoms with E-state index in [0.717, 1.165) is 0 Å². The SMILES string of the molecule is CC(C)CN1C(=O)CC(C(=O)O)C1c1ccccc1C#N. The third-order valence-electron chi connectivity index (χ3n) is 3.71. The molecule has 1 fully saturated rings. The van der Waals surface area contributed by atoms with Gasteiger partial charge < -0.3 is 10.0 Å². The third kappa shape index (κ3) is 2.89. The van der Waals surface area contributed by atoms with Gasteiger partial charge in [0, 0.05) is 13.0 Å². The van der Waals surface area contributed by atoms with E-state index in [1.54, 1.807) is 29.2 Å². The van der Waals surface area contributed by atoms with Crippen molar-refractivity contribution in [3.63, 3.8) is 0 Å². The molecule has 0 aliphatic carbocycles. The average Bonchev–Trinajstić information content (AvgIpc) is 2.75. The predicted octanol–water partition coefficient (Wildman–Crippen LogP) is 2.19. The summed E-state index contributed by atoms with van der Waals surface area (Å²) in [6, 6.07) is 8.43. The van der Waals surface area contributed by atoms with E-state index < -0.39 is 17.9 Å². The number of carbonyl (C=O) groups is 2. The van der Waals surface area contributed by atoms with Crippen LogP contribution in [0.25, 0.3) is 0 Å². The van der Waals surface area contributed by atoms with Crippen molar-refractivity contribution in [3.05, 3.63) is 35.4 Å². The second kappa shape index (κ2) is 5.96. The molecule has 0 bridgehead atoms. The van der Waals surface area contributed by atoms with Crippen LogP contribution in [0.15, 0.2) is 24.3 Å². The van der Waals surface area contributed by atoms with Crippen LogP contribution in [-0.4, -0.2) is 28.4 Å². The molecule has 0 saturated carbocycles. The van der Waals surface area contributed by atoms with E-state index in [9.17, 15) is 20.0 Å². The van der Waals surface area contributed by atoms with E-state index in [-0.39, 0.29) is 18.2 Å². The number of carboxylic acid groups (broad SMARTS) is 1. The van der Waals surface area contributed by atoms with Gasteiger partial charge in [0.05, 0.1) is 23.6 Å². The fourth-order valence-corrected chi connectivity index (χ4v) is 2.86. The highest BCUT2D eigenvalue weighted by Gasteiger charge is 2.45. The number of hydrogen-bond donors (Lipinski definition) is 1. The highest BCUT2D eigenvalue weighted by molar-refractivity contribution is 5.87. The van der Waals surface area contributed by atoms with Crippen molar-refractivity contribution < 1.29 is 14.7 Å². The largest absolute Gasteiger partial charge is 0.481 e. The number of benzene rings is 1. The molecule has 5 nitrogen and oxygen atoms in total. The Morgan fingerprint density at radius 2 is 2.14 bits per heavy atom. The van der Waals surface area contributed by atoms with Crippen LogP contribution in [0.4, 0.5) is 0 Å². The van der Waals surface area contributed by atoms with E-state index in [4.69, 9.17) is 0 Å². The first-order chi connectivity index (χ1) is 9.95. The van der Waals surface area contributed by atoms with Gasteiger partial charge in [0.25, 0.3) is 0 Å². The lowest BCUT2D eigenvalue weighted by Gasteiger charge is -2.29. The van der Waals surface area contributed by atoms with Crippen LogP contribution in [0.2, 0.25) is 0 Å². The molecule has 110 valence electrons. The molecule has 0 radical (unpaired) electrons. The minimum Gasteiger partial charge on any atom is -0.481 e. The van der Waals surface area contributed by atoms with Gasteiger partial charge in [-0.15, -0.1) is 0 Å². The van der Waals surface area contributed by atoms with Crippen LogP contribution < -0.4 is 0 Å². The van der Waals surface area contributed by atoms with Crippen LogP contribution in [-0.2, 0) is 9.59 Å². The fourth-order valence-electron chi connectivity index (χ4n) is 2.86. The summed E-state index contributed by atoms with van der Waals surface area (Å²) in [5.74, 6) is -1.72. The maximum Gasteiger partial charge on any atom is 0.309 e. The molecule has 1 aromatic carbocycles. The Labute approximate surface area is 123 Å². The number of nitriles is 1. The average molecular weight is 286 g/mol. The smallest absolute Gasteiger partial charge is 0.309 e. The fraction of sp³-hybridized carbons (Fsp3) is 0.438. The summed E-state index contributed by atoms with van der Waals surface area (Å²) < 4.78 is 0. The van der Waals surface area contributed by atoms with Crippen molar-refractivity contribution in [3.8, 4) is 6.07 Å². The maximum atomic E-state index is 12.2. The molecule has 1 aliphatic heterocycles. The van der Waals surface area contributed by atoms with Crippen molar-refractivity contribution in [2.45, 2.75) is 26.3 Å². The molecule has 0 aromatic heterocycles. The zero-order valence-electron chi connectivity index (χ0n) is 12.1. The first kappa shape index (κ1) is 15.0. The lowest BCUT2D eigenvalue weighted by atomic mass is 9.90. The topological polar surface area (TPSA) is 81.4 Å². The van der Waals surface area contributed by atoms with Gasteiger partial charge in [0.15, 0.2) is 0 Å². The Morgan fingerprint density at radius 3 is 2.71 bits per heavy atom. The van der Waals surface area contributed by atoms with Crippen LogP contribution in [0.5, 0.6) is 0 Å². The normalized spacial score (nSPS) is 21.6. The zero-order valence-corrected chi connectivity index (χ0v) is 12.1. The number of likely N-dealkylation sites (tertiary alicyclic amines) is 1. The van der Waals surface area contributed by atoms with Crippen LogP contribution in [0.3, 0.4) is 0 Å². The van der Waals surface area contributed by atoms with Crippen LogP contribution in [0, 0.1) is 23.2 Å². The summed E-state index contributed by atoms with van der Waals surface area (Å²) in [7, 11) is 0. The number of carboxylic acids is 1. The second-order valence-electron chi connectivity index (χ2n) is 5.73. The molecular weight excluding hydrogens is 268 g/mol. The Kier molecular flexibility index (Phi) is 4.27. The van der Waals surface area contributed by atoms with Crippen LogP contribution >= 0.6 is 0 Å². The zero-order chi connectivity index (χ0) is 15.6. The van der Waals surface area contributed by atoms with Crippen LogP contribution in [0.1, 0.15) is 37.4 Å². The van der Waals surface area contributed by atoms with Crippen molar-refractivity contribution in [2.24, 2.45) is 11.8 Å². The Hall–Kier alpha value is -2.35. The van der Waals surface area contributed by atoms with Gasteiger partial charge in [-0.25, -0.2) is 0 Å². The molecule has 1 aromatic rings. The van der Waals surface area contributed by atoms with E-state index >= 15 is 0 Å². The molecular formula is C16H18N2O3. The van der Waals surface area contributed by atoms with Gasteiger partial charge in [-0.3, -0.25) is 9.59 Å². The lowest BCUT2D eigenvalue weighted by molar-refractivity contribution is -0.142. The van der Waals surface area contributed by atoms with Gasteiger partial charge in [0.1, 0.15) is 0 Å². The summed E-state index contributed by atoms with van der Waals surface area (Å²) >= 11 is 0. The minimum atomic E-state index is -0.993. The van der Waals surface area contributed by atoms with Crippen molar-refractivity contribution in [2.75, 3.05) is 6.54 Å². The standard InChI is InChI=1S/C16H18N2O3/c1-10(2)9-18-14(19)7-13(16(20)21)15(18)12-6-4-3-5-11(12)8-17/h3-6,10,13,15H,7,9H2,1-2H3,(H,20,21). The summed E-state index contributed by atoms with van der Waals surface area (Å²) in [5.41, 5.74) is 1.05. The molecule has 0 spiro atoms. The van der Waals surface area contributed by atoms with E-state index in [1.165, 1.54) is 0 Å². The molecule has 1 heterocycles. The summed E-state index contributed by atoms with van der Waals surface area (Å²) in [5, 5.41) is 18.7. The van der Waals surface area contributed by atoms with Gasteiger partial charge in [-0.05, 0) is 17.5 Å². The van der Waals surface area contributed by atoms with Crippen molar-refractivity contribution >= 4 is 11.9 Å². The van der Waals surface area contributed by atoms with Gasteiger partial charge >= 0.3 is 5.97 Å². The van der Waals surface area contributed by atoms with E-state index in [2.05, 4.69) is 6.07 Å². The Balaban J connectivity index is 2.49. The maximum absolute atomic E-state index is 12.2. The molecule has 5 heteroatoms. The monoisotopic (exact) mass is 286 g/mol. The summed E-state index contributed by atoms with van der Waals surface area (Å²) in [4.78, 5) is 25.3. The molecule has 2 rings (SSSR count). The third-order valence-corrected chi connectivity index (χ3v) is 3.71. The summed E-state index contributed by atoms with van der Waals surface area (Å²) in [6.45, 7) is 4.45. The van der Waals surface area contributed by atoms with Gasteiger partial charge in [0.2, 0.25) is 5.91 Å². The lowest BCUT2D eigenvalue weighted by Crippen LogP contribution is -2.34. The number of hydrogen-bond acceptors (Lipinski definition) is 3. The first-order valence-electron chi connectivity index (χ1n) is 6.97. The predicted molar refractivity (Wildman–Crippen MR) is 76.2 cm³/mol. The Morgan fingerprint density at radius 1 is 1.48 bits per heavy atom. The number of rotatable bonds is 4. The summed E-state index contributed by atoms with van der Waals surface area (Å²) in [6.07, 6.45) is -0.00746. The molecule has 2 unspecified atom stereocenters. The minimum absolute atomic E-state index is 0.00746. The van der Waals surface area contributed by atoms with Crippen molar-refractivity contribution in [1.82, 2.24) is 4.90 Å². The molecule has 1 N–H and O–H groups in total. The first-order valence-corrected chi connectivity index (χ1v) is 6.97. The van der Waals surface area contributed by atoms with E-state index in [1.807, 2.05) is 13.8 Å². The number of aliphatic carboxylic acids is 1. The van der Waals surface area contributed by atoms with Gasteiger partial charge in [-0.1, -0.05) is 32.0 Å².